The summed E-state index contributed by atoms with van der Waals surface area (Å²) in [4.78, 5) is 17.7. The highest BCUT2D eigenvalue weighted by Crippen LogP contribution is 2.35. The van der Waals surface area contributed by atoms with Crippen LogP contribution in [-0.2, 0) is 12.7 Å². The quantitative estimate of drug-likeness (QED) is 0.610. The first-order valence-electron chi connectivity index (χ1n) is 10.0. The molecule has 7 nitrogen and oxygen atoms in total. The van der Waals surface area contributed by atoms with Gasteiger partial charge in [-0.2, -0.15) is 23.4 Å². The Balaban J connectivity index is 1.46. The number of fused-ring (bicyclic) bond motifs is 1. The number of rotatable bonds is 5. The summed E-state index contributed by atoms with van der Waals surface area (Å²) < 4.78 is 80.6. The molecule has 2 aromatic rings. The van der Waals surface area contributed by atoms with Crippen LogP contribution in [0.25, 0.3) is 0 Å². The van der Waals surface area contributed by atoms with Crippen molar-refractivity contribution in [1.29, 1.82) is 5.26 Å². The highest BCUT2D eigenvalue weighted by atomic mass is 19.4. The average Bonchev–Trinajstić information content (AvgIpc) is 3.15. The number of benzene rings is 1. The number of ether oxygens (including phenoxy) is 2. The normalized spacial score (nSPS) is 19.7. The van der Waals surface area contributed by atoms with E-state index in [2.05, 4.69) is 4.98 Å². The fourth-order valence-electron chi connectivity index (χ4n) is 3.63. The number of alkyl halides is 4. The molecule has 0 fully saturated rings. The minimum absolute atomic E-state index is 0.00856. The van der Waals surface area contributed by atoms with Crippen LogP contribution in [0.3, 0.4) is 0 Å². The number of nitrogens with zero attached hydrogens (tertiary/aromatic N) is 4. The van der Waals surface area contributed by atoms with Crippen LogP contribution in [0.15, 0.2) is 52.6 Å². The molecule has 2 unspecified atom stereocenters. The van der Waals surface area contributed by atoms with Gasteiger partial charge in [0.05, 0.1) is 17.2 Å². The van der Waals surface area contributed by atoms with Crippen molar-refractivity contribution < 1.29 is 31.4 Å². The van der Waals surface area contributed by atoms with Crippen molar-refractivity contribution in [3.8, 4) is 17.7 Å². The van der Waals surface area contributed by atoms with Crippen LogP contribution in [0, 0.1) is 11.3 Å². The number of hydrogen-bond donors (Lipinski definition) is 0. The van der Waals surface area contributed by atoms with Gasteiger partial charge in [-0.1, -0.05) is 0 Å². The summed E-state index contributed by atoms with van der Waals surface area (Å²) in [6, 6.07) is 5.38. The molecule has 2 heterocycles. The van der Waals surface area contributed by atoms with E-state index in [1.54, 1.807) is 13.1 Å². The second-order valence-electron chi connectivity index (χ2n) is 7.67. The molecular formula is C22H17F5N4O3. The third-order valence-corrected chi connectivity index (χ3v) is 5.34. The Morgan fingerprint density at radius 3 is 2.71 bits per heavy atom. The second kappa shape index (κ2) is 8.81. The van der Waals surface area contributed by atoms with Gasteiger partial charge in [-0.3, -0.25) is 4.57 Å². The van der Waals surface area contributed by atoms with Crippen molar-refractivity contribution in [2.24, 2.45) is 0 Å². The molecule has 12 heteroatoms. The molecule has 4 rings (SSSR count). The molecule has 1 aromatic carbocycles. The largest absolute Gasteiger partial charge is 0.480 e. The summed E-state index contributed by atoms with van der Waals surface area (Å²) in [5.41, 5.74) is -2.32. The fraction of sp³-hybridized carbons (Fsp3) is 0.318. The van der Waals surface area contributed by atoms with Crippen LogP contribution in [0.5, 0.6) is 11.6 Å². The van der Waals surface area contributed by atoms with E-state index in [1.165, 1.54) is 10.6 Å². The van der Waals surface area contributed by atoms with Gasteiger partial charge in [0, 0.05) is 26.2 Å². The first-order valence-corrected chi connectivity index (χ1v) is 10.0. The number of likely N-dealkylation sites (N-methyl/N-ethyl adjacent to an activating group) is 1. The molecule has 0 radical (unpaired) electrons. The van der Waals surface area contributed by atoms with Crippen LogP contribution in [0.1, 0.15) is 11.1 Å². The Morgan fingerprint density at radius 2 is 2.03 bits per heavy atom. The Labute approximate surface area is 189 Å². The van der Waals surface area contributed by atoms with Gasteiger partial charge in [0.25, 0.3) is 0 Å². The van der Waals surface area contributed by atoms with Gasteiger partial charge in [-0.25, -0.2) is 13.6 Å². The third-order valence-electron chi connectivity index (χ3n) is 5.34. The molecule has 0 N–H and O–H groups in total. The summed E-state index contributed by atoms with van der Waals surface area (Å²) >= 11 is 0. The van der Waals surface area contributed by atoms with Crippen LogP contribution < -0.4 is 20.1 Å². The molecule has 178 valence electrons. The SMILES string of the molecule is CN1CCn2c1cc(OCC1=CC(F)C(Oc3ccc(C#N)c(C(F)(F)F)c3)C(F)=C1)nc2=O. The molecule has 1 aliphatic carbocycles. The smallest absolute Gasteiger partial charge is 0.417 e. The monoisotopic (exact) mass is 480 g/mol. The molecule has 0 spiro atoms. The fourth-order valence-corrected chi connectivity index (χ4v) is 3.63. The molecule has 1 aliphatic heterocycles. The Kier molecular flexibility index (Phi) is 6.03. The van der Waals surface area contributed by atoms with E-state index in [1.807, 2.05) is 4.90 Å². The Hall–Kier alpha value is -3.88. The maximum atomic E-state index is 14.6. The van der Waals surface area contributed by atoms with E-state index in [-0.39, 0.29) is 18.1 Å². The van der Waals surface area contributed by atoms with Crippen molar-refractivity contribution in [2.45, 2.75) is 25.0 Å². The molecular weight excluding hydrogens is 463 g/mol. The third kappa shape index (κ3) is 4.59. The highest BCUT2D eigenvalue weighted by molar-refractivity contribution is 5.46. The number of halogens is 5. The maximum absolute atomic E-state index is 14.6. The average molecular weight is 480 g/mol. The van der Waals surface area contributed by atoms with Crippen LogP contribution in [-0.4, -0.2) is 42.0 Å². The predicted octanol–water partition coefficient (Wildman–Crippen LogP) is 3.54. The van der Waals surface area contributed by atoms with Crippen molar-refractivity contribution in [1.82, 2.24) is 9.55 Å². The van der Waals surface area contributed by atoms with Gasteiger partial charge in [0.1, 0.15) is 24.0 Å². The van der Waals surface area contributed by atoms with E-state index in [0.29, 0.717) is 25.0 Å². The molecule has 2 aliphatic rings. The van der Waals surface area contributed by atoms with E-state index < -0.39 is 46.8 Å². The lowest BCUT2D eigenvalue weighted by Gasteiger charge is -2.24. The van der Waals surface area contributed by atoms with Gasteiger partial charge < -0.3 is 14.4 Å². The summed E-state index contributed by atoms with van der Waals surface area (Å²) in [7, 11) is 1.79. The van der Waals surface area contributed by atoms with E-state index >= 15 is 0 Å². The minimum atomic E-state index is -4.84. The summed E-state index contributed by atoms with van der Waals surface area (Å²) in [5, 5.41) is 8.85. The molecule has 0 amide bonds. The second-order valence-corrected chi connectivity index (χ2v) is 7.67. The summed E-state index contributed by atoms with van der Waals surface area (Å²) in [6.45, 7) is 0.828. The number of nitriles is 1. The van der Waals surface area contributed by atoms with Crippen molar-refractivity contribution in [3.05, 3.63) is 69.4 Å². The van der Waals surface area contributed by atoms with Crippen molar-refractivity contribution in [2.75, 3.05) is 25.1 Å². The first-order chi connectivity index (χ1) is 16.1. The first kappa shape index (κ1) is 23.3. The zero-order valence-electron chi connectivity index (χ0n) is 17.6. The maximum Gasteiger partial charge on any atom is 0.417 e. The van der Waals surface area contributed by atoms with Crippen LogP contribution >= 0.6 is 0 Å². The van der Waals surface area contributed by atoms with E-state index in [9.17, 15) is 26.7 Å². The molecule has 34 heavy (non-hydrogen) atoms. The van der Waals surface area contributed by atoms with Crippen LogP contribution in [0.2, 0.25) is 0 Å². The highest BCUT2D eigenvalue weighted by Gasteiger charge is 2.35. The predicted molar refractivity (Wildman–Crippen MR) is 110 cm³/mol. The van der Waals surface area contributed by atoms with Gasteiger partial charge >= 0.3 is 11.9 Å². The van der Waals surface area contributed by atoms with Crippen LogP contribution in [0.4, 0.5) is 27.8 Å². The number of aromatic nitrogens is 2. The summed E-state index contributed by atoms with van der Waals surface area (Å²) in [6.07, 6.45) is -6.73. The summed E-state index contributed by atoms with van der Waals surface area (Å²) in [5.74, 6) is -0.909. The van der Waals surface area contributed by atoms with Gasteiger partial charge in [0.2, 0.25) is 5.88 Å². The Bertz CT molecular complexity index is 1280. The topological polar surface area (TPSA) is 80.4 Å². The van der Waals surface area contributed by atoms with Crippen molar-refractivity contribution >= 4 is 5.82 Å². The van der Waals surface area contributed by atoms with Gasteiger partial charge in [0.15, 0.2) is 12.3 Å². The van der Waals surface area contributed by atoms with Gasteiger partial charge in [-0.05, 0) is 35.9 Å². The molecule has 1 aromatic heterocycles. The number of anilines is 1. The number of hydrogen-bond acceptors (Lipinski definition) is 6. The molecule has 0 bridgehead atoms. The minimum Gasteiger partial charge on any atom is -0.480 e. The Morgan fingerprint density at radius 1 is 1.26 bits per heavy atom. The lowest BCUT2D eigenvalue weighted by molar-refractivity contribution is -0.137. The van der Waals surface area contributed by atoms with E-state index in [0.717, 1.165) is 24.3 Å². The lowest BCUT2D eigenvalue weighted by Crippen LogP contribution is -2.31. The zero-order chi connectivity index (χ0) is 24.6. The van der Waals surface area contributed by atoms with Gasteiger partial charge in [-0.15, -0.1) is 0 Å². The van der Waals surface area contributed by atoms with Crippen molar-refractivity contribution in [3.63, 3.8) is 0 Å². The lowest BCUT2D eigenvalue weighted by atomic mass is 10.0. The molecule has 2 atom stereocenters. The van der Waals surface area contributed by atoms with E-state index in [4.69, 9.17) is 14.7 Å². The zero-order valence-corrected chi connectivity index (χ0v) is 17.6. The standard InChI is InChI=1S/C22H17F5N4O3/c1-30-4-5-31-19(30)9-18(29-21(31)32)33-11-12-6-16(23)20(17(24)7-12)34-14-3-2-13(10-28)15(8-14)22(25,26)27/h2-3,6-9,16,20H,4-5,11H2,1H3. The molecule has 0 saturated heterocycles. The molecule has 0 saturated carbocycles.